The first kappa shape index (κ1) is 20.0. The average Bonchev–Trinajstić information content (AvgIpc) is 2.43. The molecule has 0 saturated heterocycles. The molecule has 0 saturated carbocycles. The van der Waals surface area contributed by atoms with Crippen molar-refractivity contribution in [2.75, 3.05) is 7.11 Å². The lowest BCUT2D eigenvalue weighted by Crippen LogP contribution is -2.63. The molecule has 0 radical (unpaired) electrons. The summed E-state index contributed by atoms with van der Waals surface area (Å²) in [5.41, 5.74) is -1.57. The smallest absolute Gasteiger partial charge is 0.460 e. The summed E-state index contributed by atoms with van der Waals surface area (Å²) in [6.45, 7) is 0. The third-order valence-corrected chi connectivity index (χ3v) is 2.80. The number of benzene rings is 1. The normalized spacial score (nSPS) is 13.8. The van der Waals surface area contributed by atoms with Crippen LogP contribution < -0.4 is 4.74 Å². The van der Waals surface area contributed by atoms with Crippen LogP contribution in [0.1, 0.15) is 10.4 Å². The highest BCUT2D eigenvalue weighted by molar-refractivity contribution is 6.02. The summed E-state index contributed by atoms with van der Waals surface area (Å²) in [4.78, 5) is 11.4. The van der Waals surface area contributed by atoms with Crippen molar-refractivity contribution in [3.8, 4) is 5.75 Å². The lowest BCUT2D eigenvalue weighted by Gasteiger charge is -2.32. The van der Waals surface area contributed by atoms with Crippen LogP contribution in [0, 0.1) is 5.82 Å². The van der Waals surface area contributed by atoms with Gasteiger partial charge in [0, 0.05) is 11.6 Å². The minimum Gasteiger partial charge on any atom is -0.497 e. The van der Waals surface area contributed by atoms with E-state index in [2.05, 4.69) is 4.74 Å². The Hall–Kier alpha value is -2.01. The predicted molar refractivity (Wildman–Crippen MR) is 58.2 cm³/mol. The average molecular weight is 372 g/mol. The third-order valence-electron chi connectivity index (χ3n) is 2.80. The van der Waals surface area contributed by atoms with E-state index in [9.17, 15) is 48.7 Å². The van der Waals surface area contributed by atoms with Crippen LogP contribution in [0.25, 0.3) is 0 Å². The van der Waals surface area contributed by atoms with E-state index in [1.807, 2.05) is 0 Å². The van der Waals surface area contributed by atoms with Gasteiger partial charge in [0.25, 0.3) is 0 Å². The number of halogens is 10. The number of methoxy groups -OCH3 is 1. The fourth-order valence-electron chi connectivity index (χ4n) is 1.51. The SMILES string of the molecule is COc1cc(F)cc(C(=O)C(F)(F)C(F)(F)C(F)(F)C(F)(F)F)c1. The second-order valence-electron chi connectivity index (χ2n) is 4.43. The monoisotopic (exact) mass is 372 g/mol. The number of hydrogen-bond acceptors (Lipinski definition) is 2. The number of Topliss-reactive ketones (excluding diaryl/α,β-unsaturated/α-hetero) is 1. The molecule has 0 N–H and O–H groups in total. The number of rotatable bonds is 5. The molecule has 0 aliphatic heterocycles. The summed E-state index contributed by atoms with van der Waals surface area (Å²) in [5, 5.41) is 0. The molecular weight excluding hydrogens is 366 g/mol. The van der Waals surface area contributed by atoms with Gasteiger partial charge in [-0.15, -0.1) is 0 Å². The van der Waals surface area contributed by atoms with Gasteiger partial charge in [-0.3, -0.25) is 4.79 Å². The maximum absolute atomic E-state index is 13.4. The van der Waals surface area contributed by atoms with E-state index in [4.69, 9.17) is 0 Å². The van der Waals surface area contributed by atoms with Crippen LogP contribution in [-0.2, 0) is 0 Å². The predicted octanol–water partition coefficient (Wildman–Crippen LogP) is 4.49. The molecule has 2 nitrogen and oxygen atoms in total. The molecule has 0 aliphatic rings. The van der Waals surface area contributed by atoms with Crippen molar-refractivity contribution in [3.05, 3.63) is 29.6 Å². The molecule has 0 amide bonds. The van der Waals surface area contributed by atoms with Crippen molar-refractivity contribution in [3.63, 3.8) is 0 Å². The van der Waals surface area contributed by atoms with E-state index in [1.54, 1.807) is 0 Å². The Labute approximate surface area is 127 Å². The Bertz CT molecular complexity index is 635. The van der Waals surface area contributed by atoms with E-state index in [1.165, 1.54) is 0 Å². The van der Waals surface area contributed by atoms with Gasteiger partial charge in [0.15, 0.2) is 0 Å². The van der Waals surface area contributed by atoms with Crippen molar-refractivity contribution in [2.24, 2.45) is 0 Å². The van der Waals surface area contributed by atoms with Crippen LogP contribution in [0.3, 0.4) is 0 Å². The molecule has 12 heteroatoms. The fraction of sp³-hybridized carbons (Fsp3) is 0.417. The minimum atomic E-state index is -7.21. The molecule has 24 heavy (non-hydrogen) atoms. The molecule has 0 atom stereocenters. The van der Waals surface area contributed by atoms with Gasteiger partial charge in [0.1, 0.15) is 11.6 Å². The summed E-state index contributed by atoms with van der Waals surface area (Å²) < 4.78 is 132. The van der Waals surface area contributed by atoms with E-state index in [-0.39, 0.29) is 12.1 Å². The molecule has 0 heterocycles. The maximum atomic E-state index is 13.4. The number of carbonyl (C=O) groups excluding carboxylic acids is 1. The van der Waals surface area contributed by atoms with Gasteiger partial charge in [-0.25, -0.2) is 4.39 Å². The van der Waals surface area contributed by atoms with Gasteiger partial charge in [0.05, 0.1) is 7.11 Å². The first-order valence-corrected chi connectivity index (χ1v) is 5.69. The largest absolute Gasteiger partial charge is 0.497 e. The fourth-order valence-corrected chi connectivity index (χ4v) is 1.51. The highest BCUT2D eigenvalue weighted by Gasteiger charge is 2.83. The molecule has 0 aliphatic carbocycles. The van der Waals surface area contributed by atoms with E-state index >= 15 is 0 Å². The third kappa shape index (κ3) is 3.00. The molecule has 0 unspecified atom stereocenters. The van der Waals surface area contributed by atoms with Crippen LogP contribution in [0.4, 0.5) is 43.9 Å². The minimum absolute atomic E-state index is 0.0411. The summed E-state index contributed by atoms with van der Waals surface area (Å²) in [7, 11) is 0.869. The topological polar surface area (TPSA) is 26.3 Å². The zero-order valence-corrected chi connectivity index (χ0v) is 11.3. The molecule has 136 valence electrons. The van der Waals surface area contributed by atoms with Crippen molar-refractivity contribution >= 4 is 5.78 Å². The number of ether oxygens (including phenoxy) is 1. The molecule has 0 aromatic heterocycles. The van der Waals surface area contributed by atoms with Gasteiger partial charge < -0.3 is 4.74 Å². The zero-order chi connectivity index (χ0) is 19.1. The van der Waals surface area contributed by atoms with Crippen LogP contribution in [0.2, 0.25) is 0 Å². The second-order valence-corrected chi connectivity index (χ2v) is 4.43. The quantitative estimate of drug-likeness (QED) is 0.563. The van der Waals surface area contributed by atoms with E-state index < -0.39 is 46.9 Å². The lowest BCUT2D eigenvalue weighted by atomic mass is 9.95. The molecule has 1 aromatic rings. The van der Waals surface area contributed by atoms with Crippen LogP contribution in [-0.4, -0.2) is 36.8 Å². The van der Waals surface area contributed by atoms with Gasteiger partial charge in [0.2, 0.25) is 5.78 Å². The van der Waals surface area contributed by atoms with Crippen molar-refractivity contribution < 1.29 is 53.4 Å². The molecule has 0 spiro atoms. The molecule has 0 fully saturated rings. The second kappa shape index (κ2) is 5.81. The molecule has 1 rings (SSSR count). The first-order chi connectivity index (χ1) is 10.6. The Morgan fingerprint density at radius 2 is 1.38 bits per heavy atom. The Balaban J connectivity index is 3.42. The summed E-state index contributed by atoms with van der Waals surface area (Å²) >= 11 is 0. The summed E-state index contributed by atoms with van der Waals surface area (Å²) in [6, 6.07) is 0.763. The Morgan fingerprint density at radius 3 is 1.79 bits per heavy atom. The first-order valence-electron chi connectivity index (χ1n) is 5.69. The summed E-state index contributed by atoms with van der Waals surface area (Å²) in [6.07, 6.45) is -7.06. The standard InChI is InChI=1S/C12H6F10O2/c1-24-7-3-5(2-6(13)4-7)8(23)9(14,15)10(16,17)11(18,19)12(20,21)22/h2-4H,1H3. The lowest BCUT2D eigenvalue weighted by molar-refractivity contribution is -0.386. The number of ketones is 1. The Kier molecular flexibility index (Phi) is 4.85. The molecule has 1 aromatic carbocycles. The van der Waals surface area contributed by atoms with E-state index in [0.29, 0.717) is 6.07 Å². The van der Waals surface area contributed by atoms with Crippen LogP contribution in [0.5, 0.6) is 5.75 Å². The molecule has 0 bridgehead atoms. The van der Waals surface area contributed by atoms with Crippen molar-refractivity contribution in [2.45, 2.75) is 23.9 Å². The highest BCUT2D eigenvalue weighted by Crippen LogP contribution is 2.53. The highest BCUT2D eigenvalue weighted by atomic mass is 19.4. The van der Waals surface area contributed by atoms with E-state index in [0.717, 1.165) is 7.11 Å². The van der Waals surface area contributed by atoms with Crippen LogP contribution in [0.15, 0.2) is 18.2 Å². The van der Waals surface area contributed by atoms with Crippen molar-refractivity contribution in [1.82, 2.24) is 0 Å². The van der Waals surface area contributed by atoms with Gasteiger partial charge in [-0.1, -0.05) is 0 Å². The number of hydrogen-bond donors (Lipinski definition) is 0. The number of alkyl halides is 9. The molecular formula is C12H6F10O2. The van der Waals surface area contributed by atoms with Gasteiger partial charge in [-0.05, 0) is 12.1 Å². The number of carbonyl (C=O) groups is 1. The maximum Gasteiger partial charge on any atom is 0.460 e. The van der Waals surface area contributed by atoms with Gasteiger partial charge >= 0.3 is 23.9 Å². The summed E-state index contributed by atoms with van der Waals surface area (Å²) in [5.74, 6) is -26.0. The van der Waals surface area contributed by atoms with Crippen molar-refractivity contribution in [1.29, 1.82) is 0 Å². The van der Waals surface area contributed by atoms with Crippen LogP contribution >= 0.6 is 0 Å². The zero-order valence-electron chi connectivity index (χ0n) is 11.3. The van der Waals surface area contributed by atoms with Gasteiger partial charge in [-0.2, -0.15) is 39.5 Å². The Morgan fingerprint density at radius 1 is 0.875 bits per heavy atom.